The van der Waals surface area contributed by atoms with Crippen molar-refractivity contribution in [2.75, 3.05) is 39.9 Å². The molecule has 3 heterocycles. The Morgan fingerprint density at radius 3 is 2.53 bits per heavy atom. The van der Waals surface area contributed by atoms with Crippen molar-refractivity contribution in [1.82, 2.24) is 10.2 Å². The number of hydrogen-bond donors (Lipinski definition) is 1. The molecule has 2 aromatic carbocycles. The number of hydrogen-bond acceptors (Lipinski definition) is 4. The van der Waals surface area contributed by atoms with Gasteiger partial charge in [0.25, 0.3) is 0 Å². The van der Waals surface area contributed by atoms with Gasteiger partial charge in [0.05, 0.1) is 19.1 Å². The van der Waals surface area contributed by atoms with Crippen LogP contribution in [-0.4, -0.2) is 50.7 Å². The van der Waals surface area contributed by atoms with Crippen LogP contribution < -0.4 is 10.1 Å². The molecule has 2 saturated heterocycles. The number of piperidine rings is 1. The third kappa shape index (κ3) is 3.21. The molecule has 3 aliphatic heterocycles. The van der Waals surface area contributed by atoms with Gasteiger partial charge in [0.15, 0.2) is 0 Å². The molecule has 5 nitrogen and oxygen atoms in total. The maximum absolute atomic E-state index is 13.6. The average Bonchev–Trinajstić information content (AvgIpc) is 2.77. The van der Waals surface area contributed by atoms with E-state index in [2.05, 4.69) is 46.6 Å². The quantitative estimate of drug-likeness (QED) is 0.848. The SMILES string of the molecule is COc1cccc2c1C1(CCN(C(=O)C3(Cc4ccccc4)CNC3)CC1)OCC2. The molecule has 0 radical (unpaired) electrons. The summed E-state index contributed by atoms with van der Waals surface area (Å²) in [6.45, 7) is 3.71. The number of carbonyl (C=O) groups excluding carboxylic acids is 1. The van der Waals surface area contributed by atoms with Crippen molar-refractivity contribution in [2.45, 2.75) is 31.3 Å². The summed E-state index contributed by atoms with van der Waals surface area (Å²) in [4.78, 5) is 15.6. The smallest absolute Gasteiger partial charge is 0.231 e. The van der Waals surface area contributed by atoms with E-state index in [4.69, 9.17) is 9.47 Å². The Labute approximate surface area is 178 Å². The molecule has 0 aliphatic carbocycles. The van der Waals surface area contributed by atoms with Crippen LogP contribution in [0, 0.1) is 5.41 Å². The minimum Gasteiger partial charge on any atom is -0.496 e. The second-order valence-corrected chi connectivity index (χ2v) is 8.93. The maximum atomic E-state index is 13.6. The lowest BCUT2D eigenvalue weighted by atomic mass is 9.73. The first-order valence-electron chi connectivity index (χ1n) is 11.0. The van der Waals surface area contributed by atoms with E-state index < -0.39 is 0 Å². The van der Waals surface area contributed by atoms with E-state index in [1.807, 2.05) is 12.1 Å². The number of nitrogens with one attached hydrogen (secondary N) is 1. The minimum absolute atomic E-state index is 0.288. The summed E-state index contributed by atoms with van der Waals surface area (Å²) >= 11 is 0. The van der Waals surface area contributed by atoms with E-state index in [-0.39, 0.29) is 16.9 Å². The van der Waals surface area contributed by atoms with E-state index in [1.54, 1.807) is 7.11 Å². The fraction of sp³-hybridized carbons (Fsp3) is 0.480. The summed E-state index contributed by atoms with van der Waals surface area (Å²) in [6, 6.07) is 16.7. The van der Waals surface area contributed by atoms with Gasteiger partial charge in [0.1, 0.15) is 11.4 Å². The first-order valence-corrected chi connectivity index (χ1v) is 11.0. The fourth-order valence-corrected chi connectivity index (χ4v) is 5.47. The van der Waals surface area contributed by atoms with E-state index >= 15 is 0 Å². The molecule has 0 atom stereocenters. The van der Waals surface area contributed by atoms with Crippen LogP contribution >= 0.6 is 0 Å². The van der Waals surface area contributed by atoms with E-state index in [9.17, 15) is 4.79 Å². The summed E-state index contributed by atoms with van der Waals surface area (Å²) in [5.41, 5.74) is 3.12. The lowest BCUT2D eigenvalue weighted by molar-refractivity contribution is -0.153. The molecule has 1 spiro atoms. The lowest BCUT2D eigenvalue weighted by Crippen LogP contribution is -2.64. The molecule has 5 heteroatoms. The topological polar surface area (TPSA) is 50.8 Å². The monoisotopic (exact) mass is 406 g/mol. The van der Waals surface area contributed by atoms with E-state index in [0.29, 0.717) is 0 Å². The summed E-state index contributed by atoms with van der Waals surface area (Å²) in [5.74, 6) is 1.20. The minimum atomic E-state index is -0.332. The Bertz CT molecular complexity index is 901. The van der Waals surface area contributed by atoms with Crippen LogP contribution in [0.2, 0.25) is 0 Å². The second-order valence-electron chi connectivity index (χ2n) is 8.93. The summed E-state index contributed by atoms with van der Waals surface area (Å²) < 4.78 is 12.1. The van der Waals surface area contributed by atoms with Crippen LogP contribution in [0.15, 0.2) is 48.5 Å². The van der Waals surface area contributed by atoms with Crippen molar-refractivity contribution >= 4 is 5.91 Å². The molecule has 0 aromatic heterocycles. The number of fused-ring (bicyclic) bond motifs is 2. The molecule has 158 valence electrons. The van der Waals surface area contributed by atoms with Crippen molar-refractivity contribution in [3.05, 3.63) is 65.2 Å². The predicted molar refractivity (Wildman–Crippen MR) is 116 cm³/mol. The Morgan fingerprint density at radius 2 is 1.87 bits per heavy atom. The molecule has 0 unspecified atom stereocenters. The molecule has 30 heavy (non-hydrogen) atoms. The molecule has 2 aromatic rings. The van der Waals surface area contributed by atoms with Gasteiger partial charge in [-0.3, -0.25) is 4.79 Å². The zero-order valence-corrected chi connectivity index (χ0v) is 17.7. The highest BCUT2D eigenvalue weighted by Crippen LogP contribution is 2.46. The third-order valence-corrected chi connectivity index (χ3v) is 7.16. The Kier molecular flexibility index (Phi) is 5.03. The van der Waals surface area contributed by atoms with E-state index in [1.165, 1.54) is 16.7 Å². The van der Waals surface area contributed by atoms with Crippen LogP contribution in [0.4, 0.5) is 0 Å². The molecule has 5 rings (SSSR count). The number of rotatable bonds is 4. The number of benzene rings is 2. The van der Waals surface area contributed by atoms with Gasteiger partial charge in [-0.25, -0.2) is 0 Å². The van der Waals surface area contributed by atoms with Gasteiger partial charge in [-0.1, -0.05) is 42.5 Å². The standard InChI is InChI=1S/C25H30N2O3/c1-29-21-9-5-8-20-10-15-30-25(22(20)21)11-13-27(14-12-25)23(28)24(17-26-18-24)16-19-6-3-2-4-7-19/h2-9,26H,10-18H2,1H3. The first-order chi connectivity index (χ1) is 14.7. The summed E-state index contributed by atoms with van der Waals surface area (Å²) in [5, 5.41) is 3.34. The number of amides is 1. The fourth-order valence-electron chi connectivity index (χ4n) is 5.47. The van der Waals surface area contributed by atoms with E-state index in [0.717, 1.165) is 64.2 Å². The van der Waals surface area contributed by atoms with Gasteiger partial charge in [0.2, 0.25) is 5.91 Å². The zero-order valence-electron chi connectivity index (χ0n) is 17.7. The summed E-state index contributed by atoms with van der Waals surface area (Å²) in [6.07, 6.45) is 3.36. The number of carbonyl (C=O) groups is 1. The van der Waals surface area contributed by atoms with Crippen molar-refractivity contribution < 1.29 is 14.3 Å². The highest BCUT2D eigenvalue weighted by Gasteiger charge is 2.49. The molecular formula is C25H30N2O3. The number of likely N-dealkylation sites (tertiary alicyclic amines) is 1. The average molecular weight is 407 g/mol. The van der Waals surface area contributed by atoms with Crippen LogP contribution in [0.1, 0.15) is 29.5 Å². The molecule has 1 N–H and O–H groups in total. The number of ether oxygens (including phenoxy) is 2. The number of methoxy groups -OCH3 is 1. The summed E-state index contributed by atoms with van der Waals surface area (Å²) in [7, 11) is 1.73. The lowest BCUT2D eigenvalue weighted by Gasteiger charge is -2.49. The molecule has 2 fully saturated rings. The van der Waals surface area contributed by atoms with Crippen LogP contribution in [0.25, 0.3) is 0 Å². The zero-order chi connectivity index (χ0) is 20.6. The van der Waals surface area contributed by atoms with Crippen molar-refractivity contribution in [3.8, 4) is 5.75 Å². The molecule has 0 bridgehead atoms. The molecular weight excluding hydrogens is 376 g/mol. The van der Waals surface area contributed by atoms with Crippen molar-refractivity contribution in [1.29, 1.82) is 0 Å². The van der Waals surface area contributed by atoms with Crippen LogP contribution in [0.3, 0.4) is 0 Å². The maximum Gasteiger partial charge on any atom is 0.231 e. The highest BCUT2D eigenvalue weighted by molar-refractivity contribution is 5.85. The number of nitrogens with zero attached hydrogens (tertiary/aromatic N) is 1. The first kappa shape index (κ1) is 19.6. The normalized spacial score (nSPS) is 21.6. The van der Waals surface area contributed by atoms with Gasteiger partial charge >= 0.3 is 0 Å². The van der Waals surface area contributed by atoms with Gasteiger partial charge < -0.3 is 19.7 Å². The molecule has 3 aliphatic rings. The van der Waals surface area contributed by atoms with Gasteiger partial charge in [-0.2, -0.15) is 0 Å². The third-order valence-electron chi connectivity index (χ3n) is 7.16. The van der Waals surface area contributed by atoms with Crippen molar-refractivity contribution in [3.63, 3.8) is 0 Å². The van der Waals surface area contributed by atoms with Gasteiger partial charge in [-0.05, 0) is 42.9 Å². The highest BCUT2D eigenvalue weighted by atomic mass is 16.5. The Hall–Kier alpha value is -2.37. The van der Waals surface area contributed by atoms with Crippen LogP contribution in [0.5, 0.6) is 5.75 Å². The van der Waals surface area contributed by atoms with Crippen LogP contribution in [-0.2, 0) is 28.0 Å². The molecule has 1 amide bonds. The Morgan fingerprint density at radius 1 is 1.10 bits per heavy atom. The Balaban J connectivity index is 1.34. The molecule has 0 saturated carbocycles. The van der Waals surface area contributed by atoms with Crippen molar-refractivity contribution in [2.24, 2.45) is 5.41 Å². The van der Waals surface area contributed by atoms with Gasteiger partial charge in [0, 0.05) is 31.7 Å². The predicted octanol–water partition coefficient (Wildman–Crippen LogP) is 2.92. The largest absolute Gasteiger partial charge is 0.496 e. The van der Waals surface area contributed by atoms with Gasteiger partial charge in [-0.15, -0.1) is 0 Å². The second kappa shape index (κ2) is 7.71.